The first-order valence-corrected chi connectivity index (χ1v) is 15.0. The zero-order valence-corrected chi connectivity index (χ0v) is 24.2. The van der Waals surface area contributed by atoms with Gasteiger partial charge < -0.3 is 19.3 Å². The Labute approximate surface area is 250 Å². The molecular formula is C35H34ClNO5. The summed E-state index contributed by atoms with van der Waals surface area (Å²) in [6, 6.07) is 23.2. The number of hydrogen-bond acceptors (Lipinski definition) is 5. The van der Waals surface area contributed by atoms with Crippen LogP contribution in [0.3, 0.4) is 0 Å². The summed E-state index contributed by atoms with van der Waals surface area (Å²) in [5.74, 6) is -1.29. The number of halogens is 1. The molecule has 0 bridgehead atoms. The fourth-order valence-electron chi connectivity index (χ4n) is 5.89. The Hall–Kier alpha value is -3.71. The molecule has 1 aliphatic carbocycles. The highest BCUT2D eigenvalue weighted by molar-refractivity contribution is 6.31. The number of carboxylic acids is 1. The van der Waals surface area contributed by atoms with Gasteiger partial charge in [0.05, 0.1) is 36.1 Å². The number of carboxylic acid groups (broad SMARTS) is 1. The van der Waals surface area contributed by atoms with E-state index in [2.05, 4.69) is 6.07 Å². The quantitative estimate of drug-likeness (QED) is 0.213. The Morgan fingerprint density at radius 3 is 2.60 bits per heavy atom. The summed E-state index contributed by atoms with van der Waals surface area (Å²) in [5.41, 5.74) is 4.55. The third kappa shape index (κ3) is 6.51. The molecule has 1 saturated heterocycles. The van der Waals surface area contributed by atoms with Gasteiger partial charge in [0.15, 0.2) is 5.79 Å². The lowest BCUT2D eigenvalue weighted by molar-refractivity contribution is -0.170. The van der Waals surface area contributed by atoms with Crippen LogP contribution in [0.25, 0.3) is 23.1 Å². The molecule has 3 aromatic carbocycles. The molecule has 216 valence electrons. The molecule has 0 spiro atoms. The summed E-state index contributed by atoms with van der Waals surface area (Å²) in [5, 5.41) is 11.7. The van der Waals surface area contributed by atoms with Gasteiger partial charge in [0.25, 0.3) is 0 Å². The Bertz CT molecular complexity index is 1600. The molecule has 2 heterocycles. The van der Waals surface area contributed by atoms with Gasteiger partial charge in [0, 0.05) is 22.4 Å². The molecule has 0 unspecified atom stereocenters. The second-order valence-corrected chi connectivity index (χ2v) is 11.4. The fraction of sp³-hybridized carbons (Fsp3) is 0.314. The molecule has 6 rings (SSSR count). The minimum atomic E-state index is -0.960. The number of aromatic carboxylic acids is 1. The topological polar surface area (TPSA) is 77.9 Å². The van der Waals surface area contributed by atoms with Crippen molar-refractivity contribution in [3.05, 3.63) is 106 Å². The summed E-state index contributed by atoms with van der Waals surface area (Å²) in [4.78, 5) is 16.9. The average molecular weight is 584 g/mol. The molecule has 1 N–H and O–H groups in total. The minimum Gasteiger partial charge on any atom is -0.490 e. The lowest BCUT2D eigenvalue weighted by atomic mass is 9.94. The molecule has 0 amide bonds. The predicted octanol–water partition coefficient (Wildman–Crippen LogP) is 8.30. The predicted molar refractivity (Wildman–Crippen MR) is 165 cm³/mol. The molecule has 2 fully saturated rings. The largest absolute Gasteiger partial charge is 0.490 e. The molecule has 1 aliphatic heterocycles. The van der Waals surface area contributed by atoms with Crippen LogP contribution in [0.5, 0.6) is 5.75 Å². The van der Waals surface area contributed by atoms with Crippen molar-refractivity contribution in [2.75, 3.05) is 13.2 Å². The van der Waals surface area contributed by atoms with Crippen molar-refractivity contribution < 1.29 is 24.1 Å². The van der Waals surface area contributed by atoms with Crippen LogP contribution < -0.4 is 4.74 Å². The third-order valence-electron chi connectivity index (χ3n) is 8.09. The smallest absolute Gasteiger partial charge is 0.336 e. The van der Waals surface area contributed by atoms with Crippen molar-refractivity contribution in [1.29, 1.82) is 0 Å². The van der Waals surface area contributed by atoms with Crippen LogP contribution >= 0.6 is 11.6 Å². The fourth-order valence-corrected chi connectivity index (χ4v) is 6.06. The van der Waals surface area contributed by atoms with E-state index in [1.165, 1.54) is 6.42 Å². The van der Waals surface area contributed by atoms with Crippen molar-refractivity contribution in [3.8, 4) is 5.75 Å². The van der Waals surface area contributed by atoms with Crippen molar-refractivity contribution in [1.82, 2.24) is 4.98 Å². The van der Waals surface area contributed by atoms with E-state index < -0.39 is 11.8 Å². The van der Waals surface area contributed by atoms with Crippen LogP contribution in [0.2, 0.25) is 5.02 Å². The molecule has 42 heavy (non-hydrogen) atoms. The number of nitrogens with zero attached hydrogens (tertiary/aromatic N) is 1. The zero-order valence-electron chi connectivity index (χ0n) is 23.4. The summed E-state index contributed by atoms with van der Waals surface area (Å²) in [6.07, 6.45) is 10.7. The van der Waals surface area contributed by atoms with E-state index in [1.54, 1.807) is 6.07 Å². The number of carbonyl (C=O) groups is 1. The van der Waals surface area contributed by atoms with Crippen molar-refractivity contribution in [2.24, 2.45) is 0 Å². The van der Waals surface area contributed by atoms with Gasteiger partial charge in [0.2, 0.25) is 0 Å². The third-order valence-corrected chi connectivity index (χ3v) is 8.33. The number of fused-ring (bicyclic) bond motifs is 1. The molecule has 6 nitrogen and oxygen atoms in total. The first-order chi connectivity index (χ1) is 20.5. The van der Waals surface area contributed by atoms with Crippen molar-refractivity contribution >= 4 is 40.6 Å². The number of aromatic nitrogens is 1. The van der Waals surface area contributed by atoms with Gasteiger partial charge in [-0.1, -0.05) is 60.5 Å². The second-order valence-electron chi connectivity index (χ2n) is 11.0. The number of hydrogen-bond donors (Lipinski definition) is 1. The van der Waals surface area contributed by atoms with Crippen molar-refractivity contribution in [3.63, 3.8) is 0 Å². The molecule has 7 heteroatoms. The lowest BCUT2D eigenvalue weighted by Gasteiger charge is -2.28. The standard InChI is InChI=1S/C35H34ClNO5/c36-28-13-10-26-11-15-29(37-33(26)22-28)14-9-24-5-4-6-27(21-24)35(40-19-20-41-35)18-17-25-12-16-31(23-32(25)34(38)39)42-30-7-2-1-3-8-30/h4-6,9-16,21-23,30H,1-3,7-8,17-20H2,(H,38,39)/b14-9+. The maximum absolute atomic E-state index is 12.2. The van der Waals surface area contributed by atoms with Crippen LogP contribution in [0.15, 0.2) is 72.8 Å². The molecule has 2 aliphatic rings. The number of rotatable bonds is 9. The van der Waals surface area contributed by atoms with E-state index in [4.69, 9.17) is 30.8 Å². The first-order valence-electron chi connectivity index (χ1n) is 14.6. The van der Waals surface area contributed by atoms with Crippen LogP contribution in [0.1, 0.15) is 71.3 Å². The summed E-state index contributed by atoms with van der Waals surface area (Å²) < 4.78 is 18.5. The van der Waals surface area contributed by atoms with Crippen molar-refractivity contribution in [2.45, 2.75) is 56.8 Å². The van der Waals surface area contributed by atoms with Gasteiger partial charge in [-0.25, -0.2) is 9.78 Å². The molecule has 4 aromatic rings. The minimum absolute atomic E-state index is 0.159. The second kappa shape index (κ2) is 12.7. The lowest BCUT2D eigenvalue weighted by Crippen LogP contribution is -2.28. The summed E-state index contributed by atoms with van der Waals surface area (Å²) >= 11 is 6.15. The normalized spacial score (nSPS) is 17.2. The molecule has 0 atom stereocenters. The van der Waals surface area contributed by atoms with E-state index in [0.717, 1.165) is 59.0 Å². The van der Waals surface area contributed by atoms with Gasteiger partial charge in [-0.2, -0.15) is 0 Å². The monoisotopic (exact) mass is 583 g/mol. The number of aryl methyl sites for hydroxylation is 1. The van der Waals surface area contributed by atoms with Gasteiger partial charge >= 0.3 is 5.97 Å². The average Bonchev–Trinajstić information content (AvgIpc) is 3.50. The SMILES string of the molecule is O=C(O)c1cc(OC2CCCCC2)ccc1CCC1(c2cccc(/C=C/c3ccc4ccc(Cl)cc4n3)c2)OCCO1. The number of pyridine rings is 1. The van der Waals surface area contributed by atoms with E-state index in [0.29, 0.717) is 36.8 Å². The maximum atomic E-state index is 12.2. The van der Waals surface area contributed by atoms with Gasteiger partial charge in [0.1, 0.15) is 5.75 Å². The van der Waals surface area contributed by atoms with Crippen LogP contribution in [0.4, 0.5) is 0 Å². The zero-order chi connectivity index (χ0) is 28.9. The summed E-state index contributed by atoms with van der Waals surface area (Å²) in [7, 11) is 0. The van der Waals surface area contributed by atoms with Crippen LogP contribution in [-0.2, 0) is 21.7 Å². The molecule has 1 aromatic heterocycles. The van der Waals surface area contributed by atoms with E-state index in [-0.39, 0.29) is 11.7 Å². The van der Waals surface area contributed by atoms with Crippen LogP contribution in [-0.4, -0.2) is 35.4 Å². The molecule has 1 saturated carbocycles. The van der Waals surface area contributed by atoms with E-state index >= 15 is 0 Å². The Morgan fingerprint density at radius 2 is 1.79 bits per heavy atom. The Kier molecular flexibility index (Phi) is 8.56. The van der Waals surface area contributed by atoms with Gasteiger partial charge in [-0.3, -0.25) is 0 Å². The van der Waals surface area contributed by atoms with E-state index in [1.807, 2.05) is 72.8 Å². The van der Waals surface area contributed by atoms with E-state index in [9.17, 15) is 9.90 Å². The number of benzene rings is 3. The van der Waals surface area contributed by atoms with Crippen LogP contribution in [0, 0.1) is 0 Å². The number of ether oxygens (including phenoxy) is 3. The first kappa shape index (κ1) is 28.4. The molecule has 0 radical (unpaired) electrons. The van der Waals surface area contributed by atoms with Gasteiger partial charge in [-0.15, -0.1) is 0 Å². The highest BCUT2D eigenvalue weighted by Crippen LogP contribution is 2.37. The highest BCUT2D eigenvalue weighted by atomic mass is 35.5. The molecular weight excluding hydrogens is 550 g/mol. The highest BCUT2D eigenvalue weighted by Gasteiger charge is 2.38. The summed E-state index contributed by atoms with van der Waals surface area (Å²) in [6.45, 7) is 0.952. The maximum Gasteiger partial charge on any atom is 0.336 e. The Balaban J connectivity index is 1.19. The Morgan fingerprint density at radius 1 is 0.976 bits per heavy atom. The van der Waals surface area contributed by atoms with Gasteiger partial charge in [-0.05, 0) is 85.7 Å².